The predicted molar refractivity (Wildman–Crippen MR) is 74.4 cm³/mol. The molecule has 19 heavy (non-hydrogen) atoms. The number of methoxy groups -OCH3 is 1. The third-order valence-electron chi connectivity index (χ3n) is 2.66. The van der Waals surface area contributed by atoms with Gasteiger partial charge in [0.15, 0.2) is 0 Å². The van der Waals surface area contributed by atoms with E-state index in [4.69, 9.17) is 4.74 Å². The van der Waals surface area contributed by atoms with Gasteiger partial charge < -0.3 is 4.74 Å². The number of aromatic nitrogens is 3. The standard InChI is InChI=1S/C13H17N3O2S/c1-13(2,3)10-8(7-16(4)15-10)11-14-6-9(19-11)12(17)18-5/h6-7H,1-5H3. The van der Waals surface area contributed by atoms with Gasteiger partial charge >= 0.3 is 5.97 Å². The maximum absolute atomic E-state index is 11.5. The number of hydrogen-bond acceptors (Lipinski definition) is 5. The fourth-order valence-corrected chi connectivity index (χ4v) is 2.64. The molecule has 0 fully saturated rings. The van der Waals surface area contributed by atoms with Gasteiger partial charge in [-0.25, -0.2) is 9.78 Å². The van der Waals surface area contributed by atoms with Crippen LogP contribution in [0.3, 0.4) is 0 Å². The summed E-state index contributed by atoms with van der Waals surface area (Å²) in [5.41, 5.74) is 1.86. The van der Waals surface area contributed by atoms with Crippen molar-refractivity contribution in [3.8, 4) is 10.6 Å². The quantitative estimate of drug-likeness (QED) is 0.793. The van der Waals surface area contributed by atoms with Gasteiger partial charge in [0.05, 0.1) is 24.6 Å². The number of rotatable bonds is 2. The van der Waals surface area contributed by atoms with Crippen LogP contribution >= 0.6 is 11.3 Å². The molecular formula is C13H17N3O2S. The SMILES string of the molecule is COC(=O)c1cnc(-c2cn(C)nc2C(C)(C)C)s1. The first kappa shape index (κ1) is 13.7. The van der Waals surface area contributed by atoms with E-state index in [-0.39, 0.29) is 11.4 Å². The summed E-state index contributed by atoms with van der Waals surface area (Å²) in [4.78, 5) is 16.3. The largest absolute Gasteiger partial charge is 0.465 e. The molecule has 0 saturated carbocycles. The van der Waals surface area contributed by atoms with E-state index in [1.165, 1.54) is 18.4 Å². The second kappa shape index (κ2) is 4.77. The van der Waals surface area contributed by atoms with Crippen molar-refractivity contribution < 1.29 is 9.53 Å². The summed E-state index contributed by atoms with van der Waals surface area (Å²) < 4.78 is 6.47. The topological polar surface area (TPSA) is 57.0 Å². The Bertz CT molecular complexity index is 608. The maximum Gasteiger partial charge on any atom is 0.349 e. The van der Waals surface area contributed by atoms with Gasteiger partial charge in [-0.3, -0.25) is 4.68 Å². The number of hydrogen-bond donors (Lipinski definition) is 0. The Morgan fingerprint density at radius 1 is 1.42 bits per heavy atom. The van der Waals surface area contributed by atoms with Gasteiger partial charge in [0.25, 0.3) is 0 Å². The third-order valence-corrected chi connectivity index (χ3v) is 3.67. The zero-order valence-corrected chi connectivity index (χ0v) is 12.5. The number of ether oxygens (including phenoxy) is 1. The minimum atomic E-state index is -0.357. The molecule has 0 amide bonds. The first-order valence-electron chi connectivity index (χ1n) is 5.91. The summed E-state index contributed by atoms with van der Waals surface area (Å²) in [6.45, 7) is 6.31. The van der Waals surface area contributed by atoms with Crippen molar-refractivity contribution in [1.29, 1.82) is 0 Å². The second-order valence-electron chi connectivity index (χ2n) is 5.34. The molecule has 0 aliphatic rings. The van der Waals surface area contributed by atoms with Crippen LogP contribution in [-0.2, 0) is 17.2 Å². The highest BCUT2D eigenvalue weighted by atomic mass is 32.1. The van der Waals surface area contributed by atoms with E-state index >= 15 is 0 Å². The van der Waals surface area contributed by atoms with Crippen LogP contribution in [0.2, 0.25) is 0 Å². The van der Waals surface area contributed by atoms with Crippen LogP contribution in [0.1, 0.15) is 36.1 Å². The molecule has 0 atom stereocenters. The molecule has 2 aromatic heterocycles. The molecule has 0 radical (unpaired) electrons. The summed E-state index contributed by atoms with van der Waals surface area (Å²) in [6, 6.07) is 0. The molecule has 5 nitrogen and oxygen atoms in total. The molecule has 0 spiro atoms. The molecule has 0 aromatic carbocycles. The molecule has 2 rings (SSSR count). The van der Waals surface area contributed by atoms with Gasteiger partial charge in [-0.1, -0.05) is 20.8 Å². The van der Waals surface area contributed by atoms with Crippen LogP contribution in [0.25, 0.3) is 10.6 Å². The van der Waals surface area contributed by atoms with E-state index in [2.05, 4.69) is 30.9 Å². The molecule has 0 aliphatic heterocycles. The van der Waals surface area contributed by atoms with Crippen LogP contribution in [-0.4, -0.2) is 27.8 Å². The third kappa shape index (κ3) is 2.68. The lowest BCUT2D eigenvalue weighted by Crippen LogP contribution is -2.13. The number of thiazole rings is 1. The molecule has 102 valence electrons. The van der Waals surface area contributed by atoms with Gasteiger partial charge in [0.2, 0.25) is 0 Å². The Hall–Kier alpha value is -1.69. The fourth-order valence-electron chi connectivity index (χ4n) is 1.79. The van der Waals surface area contributed by atoms with Gasteiger partial charge in [-0.15, -0.1) is 11.3 Å². The molecule has 2 aromatic rings. The molecule has 0 saturated heterocycles. The Kier molecular flexibility index (Phi) is 3.45. The van der Waals surface area contributed by atoms with Crippen LogP contribution in [0.15, 0.2) is 12.4 Å². The monoisotopic (exact) mass is 279 g/mol. The molecular weight excluding hydrogens is 262 g/mol. The molecule has 2 heterocycles. The normalized spacial score (nSPS) is 11.6. The van der Waals surface area contributed by atoms with E-state index in [0.717, 1.165) is 16.3 Å². The smallest absolute Gasteiger partial charge is 0.349 e. The van der Waals surface area contributed by atoms with Crippen molar-refractivity contribution in [3.05, 3.63) is 23.0 Å². The fraction of sp³-hybridized carbons (Fsp3) is 0.462. The van der Waals surface area contributed by atoms with E-state index in [1.54, 1.807) is 10.9 Å². The molecule has 6 heteroatoms. The van der Waals surface area contributed by atoms with E-state index < -0.39 is 0 Å². The summed E-state index contributed by atoms with van der Waals surface area (Å²) >= 11 is 1.32. The highest BCUT2D eigenvalue weighted by Crippen LogP contribution is 2.34. The minimum absolute atomic E-state index is 0.0757. The van der Waals surface area contributed by atoms with Gasteiger partial charge in [0.1, 0.15) is 9.88 Å². The van der Waals surface area contributed by atoms with Gasteiger partial charge in [-0.2, -0.15) is 5.10 Å². The molecule has 0 bridgehead atoms. The summed E-state index contributed by atoms with van der Waals surface area (Å²) in [5, 5.41) is 5.29. The van der Waals surface area contributed by atoms with E-state index in [1.807, 2.05) is 13.2 Å². The lowest BCUT2D eigenvalue weighted by Gasteiger charge is -2.16. The number of aryl methyl sites for hydroxylation is 1. The average molecular weight is 279 g/mol. The zero-order valence-electron chi connectivity index (χ0n) is 11.7. The molecule has 0 unspecified atom stereocenters. The van der Waals surface area contributed by atoms with Crippen LogP contribution in [0.4, 0.5) is 0 Å². The van der Waals surface area contributed by atoms with Crippen molar-refractivity contribution in [1.82, 2.24) is 14.8 Å². The van der Waals surface area contributed by atoms with Gasteiger partial charge in [0, 0.05) is 18.7 Å². The maximum atomic E-state index is 11.5. The number of nitrogens with zero attached hydrogens (tertiary/aromatic N) is 3. The Balaban J connectivity index is 2.48. The first-order chi connectivity index (χ1) is 8.82. The average Bonchev–Trinajstić information content (AvgIpc) is 2.92. The van der Waals surface area contributed by atoms with Crippen molar-refractivity contribution in [2.75, 3.05) is 7.11 Å². The molecule has 0 aliphatic carbocycles. The predicted octanol–water partition coefficient (Wildman–Crippen LogP) is 2.63. The van der Waals surface area contributed by atoms with Crippen LogP contribution < -0.4 is 0 Å². The van der Waals surface area contributed by atoms with E-state index in [0.29, 0.717) is 4.88 Å². The van der Waals surface area contributed by atoms with Crippen molar-refractivity contribution in [3.63, 3.8) is 0 Å². The Morgan fingerprint density at radius 3 is 2.68 bits per heavy atom. The number of carbonyl (C=O) groups is 1. The summed E-state index contributed by atoms with van der Waals surface area (Å²) in [6.07, 6.45) is 3.48. The van der Waals surface area contributed by atoms with Crippen molar-refractivity contribution in [2.24, 2.45) is 7.05 Å². The van der Waals surface area contributed by atoms with Crippen LogP contribution in [0, 0.1) is 0 Å². The Labute approximate surface area is 116 Å². The van der Waals surface area contributed by atoms with Crippen LogP contribution in [0.5, 0.6) is 0 Å². The number of carbonyl (C=O) groups excluding carboxylic acids is 1. The highest BCUT2D eigenvalue weighted by molar-refractivity contribution is 7.16. The Morgan fingerprint density at radius 2 is 2.11 bits per heavy atom. The minimum Gasteiger partial charge on any atom is -0.465 e. The highest BCUT2D eigenvalue weighted by Gasteiger charge is 2.25. The second-order valence-corrected chi connectivity index (χ2v) is 6.37. The first-order valence-corrected chi connectivity index (χ1v) is 6.73. The zero-order chi connectivity index (χ0) is 14.2. The van der Waals surface area contributed by atoms with Crippen molar-refractivity contribution in [2.45, 2.75) is 26.2 Å². The van der Waals surface area contributed by atoms with Gasteiger partial charge in [-0.05, 0) is 0 Å². The lowest BCUT2D eigenvalue weighted by atomic mass is 9.90. The summed E-state index contributed by atoms with van der Waals surface area (Å²) in [7, 11) is 3.25. The van der Waals surface area contributed by atoms with Crippen molar-refractivity contribution >= 4 is 17.3 Å². The number of esters is 1. The lowest BCUT2D eigenvalue weighted by molar-refractivity contribution is 0.0606. The summed E-state index contributed by atoms with van der Waals surface area (Å²) in [5.74, 6) is -0.357. The van der Waals surface area contributed by atoms with E-state index in [9.17, 15) is 4.79 Å². The molecule has 0 N–H and O–H groups in total.